The van der Waals surface area contributed by atoms with Crippen LogP contribution in [0.2, 0.25) is 0 Å². The Bertz CT molecular complexity index is 787. The Labute approximate surface area is 154 Å². The predicted molar refractivity (Wildman–Crippen MR) is 102 cm³/mol. The molecule has 0 spiro atoms. The SMILES string of the molecule is C[C@H](SCc1cccc(S(=O)(=O)N2CCOCC2)c1)c1ccccc1. The number of nitrogens with zero attached hydrogens (tertiary/aromatic N) is 1. The fourth-order valence-corrected chi connectivity index (χ4v) is 5.22. The number of benzene rings is 2. The molecule has 3 rings (SSSR count). The minimum absolute atomic E-state index is 0.362. The molecule has 0 radical (unpaired) electrons. The second-order valence-corrected chi connectivity index (χ2v) is 9.29. The Balaban J connectivity index is 1.69. The second-order valence-electron chi connectivity index (χ2n) is 6.03. The van der Waals surface area contributed by atoms with Crippen molar-refractivity contribution in [3.05, 3.63) is 65.7 Å². The van der Waals surface area contributed by atoms with Crippen molar-refractivity contribution >= 4 is 21.8 Å². The van der Waals surface area contributed by atoms with Gasteiger partial charge in [0.1, 0.15) is 0 Å². The highest BCUT2D eigenvalue weighted by molar-refractivity contribution is 7.98. The molecule has 2 aromatic rings. The third-order valence-electron chi connectivity index (χ3n) is 4.28. The highest BCUT2D eigenvalue weighted by Gasteiger charge is 2.26. The predicted octanol–water partition coefficient (Wildman–Crippen LogP) is 3.70. The maximum Gasteiger partial charge on any atom is 0.243 e. The van der Waals surface area contributed by atoms with Crippen LogP contribution in [-0.2, 0) is 20.5 Å². The van der Waals surface area contributed by atoms with Gasteiger partial charge < -0.3 is 4.74 Å². The fraction of sp³-hybridized carbons (Fsp3) is 0.368. The van der Waals surface area contributed by atoms with Gasteiger partial charge in [0, 0.05) is 24.1 Å². The van der Waals surface area contributed by atoms with Gasteiger partial charge in [-0.3, -0.25) is 0 Å². The molecule has 6 heteroatoms. The van der Waals surface area contributed by atoms with Crippen LogP contribution in [0.4, 0.5) is 0 Å². The molecule has 0 aromatic heterocycles. The van der Waals surface area contributed by atoms with Crippen LogP contribution in [0.25, 0.3) is 0 Å². The first-order valence-corrected chi connectivity index (χ1v) is 10.9. The number of hydrogen-bond acceptors (Lipinski definition) is 4. The molecular weight excluding hydrogens is 354 g/mol. The van der Waals surface area contributed by atoms with Gasteiger partial charge in [-0.05, 0) is 30.2 Å². The van der Waals surface area contributed by atoms with Crippen molar-refractivity contribution in [2.75, 3.05) is 26.3 Å². The smallest absolute Gasteiger partial charge is 0.243 e. The van der Waals surface area contributed by atoms with E-state index in [0.717, 1.165) is 11.3 Å². The maximum absolute atomic E-state index is 12.8. The van der Waals surface area contributed by atoms with Crippen LogP contribution in [0.15, 0.2) is 59.5 Å². The van der Waals surface area contributed by atoms with E-state index < -0.39 is 10.0 Å². The van der Waals surface area contributed by atoms with E-state index in [9.17, 15) is 8.42 Å². The molecule has 1 heterocycles. The molecular formula is C19H23NO3S2. The molecule has 0 aliphatic carbocycles. The molecule has 1 atom stereocenters. The van der Waals surface area contributed by atoms with Gasteiger partial charge >= 0.3 is 0 Å². The highest BCUT2D eigenvalue weighted by atomic mass is 32.2. The first-order chi connectivity index (χ1) is 12.1. The molecule has 1 aliphatic rings. The van der Waals surface area contributed by atoms with Crippen LogP contribution in [0.3, 0.4) is 0 Å². The summed E-state index contributed by atoms with van der Waals surface area (Å²) in [5.41, 5.74) is 2.31. The molecule has 0 unspecified atom stereocenters. The zero-order chi connectivity index (χ0) is 17.7. The van der Waals surface area contributed by atoms with Gasteiger partial charge in [0.2, 0.25) is 10.0 Å². The molecule has 0 amide bonds. The summed E-state index contributed by atoms with van der Waals surface area (Å²) in [6, 6.07) is 17.6. The van der Waals surface area contributed by atoms with Gasteiger partial charge in [0.25, 0.3) is 0 Å². The Hall–Kier alpha value is -1.34. The molecule has 25 heavy (non-hydrogen) atoms. The van der Waals surface area contributed by atoms with Gasteiger partial charge in [-0.15, -0.1) is 11.8 Å². The zero-order valence-electron chi connectivity index (χ0n) is 14.3. The number of thioether (sulfide) groups is 1. The van der Waals surface area contributed by atoms with E-state index in [-0.39, 0.29) is 0 Å². The lowest BCUT2D eigenvalue weighted by molar-refractivity contribution is 0.0730. The first-order valence-electron chi connectivity index (χ1n) is 8.41. The van der Waals surface area contributed by atoms with E-state index in [1.807, 2.05) is 42.1 Å². The Kier molecular flexibility index (Phi) is 6.17. The van der Waals surface area contributed by atoms with E-state index >= 15 is 0 Å². The minimum Gasteiger partial charge on any atom is -0.379 e. The lowest BCUT2D eigenvalue weighted by Crippen LogP contribution is -2.40. The molecule has 4 nitrogen and oxygen atoms in total. The summed E-state index contributed by atoms with van der Waals surface area (Å²) in [7, 11) is -3.43. The first kappa shape index (κ1) is 18.5. The van der Waals surface area contributed by atoms with Crippen molar-refractivity contribution in [3.63, 3.8) is 0 Å². The fourth-order valence-electron chi connectivity index (χ4n) is 2.77. The van der Waals surface area contributed by atoms with Gasteiger partial charge in [-0.2, -0.15) is 4.31 Å². The van der Waals surface area contributed by atoms with Crippen molar-refractivity contribution in [1.29, 1.82) is 0 Å². The molecule has 134 valence electrons. The van der Waals surface area contributed by atoms with Crippen LogP contribution in [0.1, 0.15) is 23.3 Å². The van der Waals surface area contributed by atoms with Crippen LogP contribution in [-0.4, -0.2) is 39.0 Å². The second kappa shape index (κ2) is 8.36. The van der Waals surface area contributed by atoms with E-state index in [4.69, 9.17) is 4.74 Å². The minimum atomic E-state index is -3.43. The van der Waals surface area contributed by atoms with Gasteiger partial charge in [-0.25, -0.2) is 8.42 Å². The third-order valence-corrected chi connectivity index (χ3v) is 7.44. The van der Waals surface area contributed by atoms with Gasteiger partial charge in [0.15, 0.2) is 0 Å². The van der Waals surface area contributed by atoms with Crippen molar-refractivity contribution in [2.24, 2.45) is 0 Å². The quantitative estimate of drug-likeness (QED) is 0.770. The number of sulfonamides is 1. The molecule has 1 aliphatic heterocycles. The van der Waals surface area contributed by atoms with E-state index in [1.54, 1.807) is 12.1 Å². The average Bonchev–Trinajstić information content (AvgIpc) is 2.67. The third kappa shape index (κ3) is 4.64. The standard InChI is InChI=1S/C19H23NO3S2/c1-16(18-7-3-2-4-8-18)24-15-17-6-5-9-19(14-17)25(21,22)20-10-12-23-13-11-20/h2-9,14,16H,10-13,15H2,1H3/t16-/m0/s1. The number of morpholine rings is 1. The van der Waals surface area contributed by atoms with Crippen molar-refractivity contribution < 1.29 is 13.2 Å². The monoisotopic (exact) mass is 377 g/mol. The van der Waals surface area contributed by atoms with Crippen molar-refractivity contribution in [3.8, 4) is 0 Å². The van der Waals surface area contributed by atoms with E-state index in [2.05, 4.69) is 19.1 Å². The lowest BCUT2D eigenvalue weighted by atomic mass is 10.2. The molecule has 1 fully saturated rings. The van der Waals surface area contributed by atoms with Crippen molar-refractivity contribution in [1.82, 2.24) is 4.31 Å². The van der Waals surface area contributed by atoms with Crippen LogP contribution in [0, 0.1) is 0 Å². The maximum atomic E-state index is 12.8. The van der Waals surface area contributed by atoms with Crippen LogP contribution >= 0.6 is 11.8 Å². The summed E-state index contributed by atoms with van der Waals surface area (Å²) in [4.78, 5) is 0.375. The number of rotatable bonds is 6. The van der Waals surface area contributed by atoms with Crippen LogP contribution < -0.4 is 0 Å². The summed E-state index contributed by atoms with van der Waals surface area (Å²) in [6.45, 7) is 3.94. The Morgan fingerprint density at radius 1 is 1.08 bits per heavy atom. The highest BCUT2D eigenvalue weighted by Crippen LogP contribution is 2.31. The zero-order valence-corrected chi connectivity index (χ0v) is 15.9. The summed E-state index contributed by atoms with van der Waals surface area (Å²) in [5.74, 6) is 0.780. The molecule has 0 saturated carbocycles. The largest absolute Gasteiger partial charge is 0.379 e. The van der Waals surface area contributed by atoms with E-state index in [1.165, 1.54) is 9.87 Å². The van der Waals surface area contributed by atoms with E-state index in [0.29, 0.717) is 36.4 Å². The topological polar surface area (TPSA) is 46.6 Å². The van der Waals surface area contributed by atoms with Crippen LogP contribution in [0.5, 0.6) is 0 Å². The summed E-state index contributed by atoms with van der Waals surface area (Å²) in [6.07, 6.45) is 0. The molecule has 0 bridgehead atoms. The molecule has 0 N–H and O–H groups in total. The lowest BCUT2D eigenvalue weighted by Gasteiger charge is -2.26. The van der Waals surface area contributed by atoms with Gasteiger partial charge in [0.05, 0.1) is 18.1 Å². The molecule has 1 saturated heterocycles. The summed E-state index contributed by atoms with van der Waals surface area (Å²) in [5, 5.41) is 0.362. The summed E-state index contributed by atoms with van der Waals surface area (Å²) < 4.78 is 32.3. The van der Waals surface area contributed by atoms with Crippen molar-refractivity contribution in [2.45, 2.75) is 22.8 Å². The molecule has 2 aromatic carbocycles. The normalized spacial score (nSPS) is 17.3. The Morgan fingerprint density at radius 3 is 2.52 bits per heavy atom. The van der Waals surface area contributed by atoms with Gasteiger partial charge in [-0.1, -0.05) is 42.5 Å². The Morgan fingerprint density at radius 2 is 1.80 bits per heavy atom. The summed E-state index contributed by atoms with van der Waals surface area (Å²) >= 11 is 1.81. The number of hydrogen-bond donors (Lipinski definition) is 0. The average molecular weight is 378 g/mol. The number of ether oxygens (including phenoxy) is 1.